The second kappa shape index (κ2) is 11.7. The summed E-state index contributed by atoms with van der Waals surface area (Å²) in [6.07, 6.45) is 2.89. The van der Waals surface area contributed by atoms with Crippen molar-refractivity contribution in [3.63, 3.8) is 0 Å². The highest BCUT2D eigenvalue weighted by atomic mass is 32.2. The van der Waals surface area contributed by atoms with Gasteiger partial charge < -0.3 is 14.6 Å². The van der Waals surface area contributed by atoms with Crippen molar-refractivity contribution in [2.45, 2.75) is 38.9 Å². The minimum atomic E-state index is 0.919. The van der Waals surface area contributed by atoms with Crippen molar-refractivity contribution in [3.05, 3.63) is 0 Å². The number of piperazine rings is 1. The van der Waals surface area contributed by atoms with Crippen LogP contribution in [0.15, 0.2) is 0 Å². The summed E-state index contributed by atoms with van der Waals surface area (Å²) in [6, 6.07) is 0. The molecule has 2 saturated heterocycles. The Bertz CT molecular complexity index is 208. The Hall–Kier alpha value is -0.0600. The molecule has 2 unspecified atom stereocenters. The molecule has 4 heteroatoms. The number of carbonyl (C=O) groups is 1. The number of carbonyl (C=O) groups excluding carboxylic acids is 1. The number of nitrogens with zero attached hydrogens (tertiary/aromatic N) is 2. The van der Waals surface area contributed by atoms with Gasteiger partial charge in [-0.25, -0.2) is 0 Å². The van der Waals surface area contributed by atoms with Crippen LogP contribution in [0.2, 0.25) is 0 Å². The van der Waals surface area contributed by atoms with E-state index in [-0.39, 0.29) is 0 Å². The predicted molar refractivity (Wildman–Crippen MR) is 87.1 cm³/mol. The molecule has 2 heterocycles. The fourth-order valence-electron chi connectivity index (χ4n) is 2.54. The summed E-state index contributed by atoms with van der Waals surface area (Å²) in [5, 5.41) is 0.919. The van der Waals surface area contributed by atoms with Crippen molar-refractivity contribution in [3.8, 4) is 0 Å². The highest BCUT2D eigenvalue weighted by Crippen LogP contribution is 2.32. The van der Waals surface area contributed by atoms with Crippen LogP contribution in [-0.4, -0.2) is 67.4 Å². The van der Waals surface area contributed by atoms with Gasteiger partial charge in [0.05, 0.1) is 0 Å². The zero-order valence-corrected chi connectivity index (χ0v) is 14.0. The zero-order valence-electron chi connectivity index (χ0n) is 13.2. The van der Waals surface area contributed by atoms with Gasteiger partial charge in [-0.3, -0.25) is 0 Å². The molecular weight excluding hydrogens is 256 g/mol. The summed E-state index contributed by atoms with van der Waals surface area (Å²) < 4.78 is 0. The summed E-state index contributed by atoms with van der Waals surface area (Å²) in [7, 11) is 2.23. The van der Waals surface area contributed by atoms with E-state index >= 15 is 0 Å². The van der Waals surface area contributed by atoms with Crippen LogP contribution < -0.4 is 0 Å². The van der Waals surface area contributed by atoms with Crippen molar-refractivity contribution in [2.24, 2.45) is 5.92 Å². The molecule has 2 atom stereocenters. The van der Waals surface area contributed by atoms with E-state index in [2.05, 4.69) is 35.5 Å². The first-order valence-electron chi connectivity index (χ1n) is 7.55. The average Bonchev–Trinajstić information content (AvgIpc) is 2.88. The van der Waals surface area contributed by atoms with Crippen molar-refractivity contribution in [2.75, 3.05) is 45.5 Å². The highest BCUT2D eigenvalue weighted by Gasteiger charge is 2.22. The molecule has 0 saturated carbocycles. The topological polar surface area (TPSA) is 23.6 Å². The standard InChI is InChI=1S/C12H24N2S.C2H6.CH2O/c1-11-9-12(10-15-11)3-4-14-7-5-13(2)6-8-14;2*1-2/h11-12H,3-10H2,1-2H3;1-2H3;1H2. The van der Waals surface area contributed by atoms with E-state index in [0.717, 1.165) is 11.2 Å². The van der Waals surface area contributed by atoms with Gasteiger partial charge in [0.1, 0.15) is 6.79 Å². The smallest absolute Gasteiger partial charge is 0.106 e. The molecule has 2 rings (SSSR count). The van der Waals surface area contributed by atoms with Crippen LogP contribution in [0, 0.1) is 5.92 Å². The summed E-state index contributed by atoms with van der Waals surface area (Å²) in [4.78, 5) is 13.1. The lowest BCUT2D eigenvalue weighted by molar-refractivity contribution is -0.0979. The van der Waals surface area contributed by atoms with E-state index in [1.165, 1.54) is 51.3 Å². The van der Waals surface area contributed by atoms with Crippen LogP contribution in [0.3, 0.4) is 0 Å². The van der Waals surface area contributed by atoms with E-state index in [1.807, 2.05) is 20.6 Å². The number of hydrogen-bond acceptors (Lipinski definition) is 4. The van der Waals surface area contributed by atoms with Crippen molar-refractivity contribution >= 4 is 18.6 Å². The van der Waals surface area contributed by atoms with Gasteiger partial charge >= 0.3 is 0 Å². The van der Waals surface area contributed by atoms with Gasteiger partial charge in [-0.2, -0.15) is 11.8 Å². The van der Waals surface area contributed by atoms with Crippen LogP contribution >= 0.6 is 11.8 Å². The van der Waals surface area contributed by atoms with Gasteiger partial charge in [0, 0.05) is 31.4 Å². The second-order valence-corrected chi connectivity index (χ2v) is 6.65. The average molecular weight is 289 g/mol. The van der Waals surface area contributed by atoms with Gasteiger partial charge in [-0.05, 0) is 38.1 Å². The van der Waals surface area contributed by atoms with Crippen molar-refractivity contribution < 1.29 is 4.79 Å². The molecule has 0 aromatic carbocycles. The molecule has 0 N–H and O–H groups in total. The van der Waals surface area contributed by atoms with Gasteiger partial charge in [0.15, 0.2) is 0 Å². The van der Waals surface area contributed by atoms with Crippen LogP contribution in [0.5, 0.6) is 0 Å². The fourth-order valence-corrected chi connectivity index (χ4v) is 3.86. The lowest BCUT2D eigenvalue weighted by Gasteiger charge is -2.32. The van der Waals surface area contributed by atoms with E-state index in [0.29, 0.717) is 0 Å². The molecule has 0 radical (unpaired) electrons. The molecule has 114 valence electrons. The summed E-state index contributed by atoms with van der Waals surface area (Å²) >= 11 is 2.17. The summed E-state index contributed by atoms with van der Waals surface area (Å²) in [5.41, 5.74) is 0. The Labute approximate surface area is 124 Å². The molecule has 0 bridgehead atoms. The van der Waals surface area contributed by atoms with Crippen molar-refractivity contribution in [1.29, 1.82) is 0 Å². The first-order valence-corrected chi connectivity index (χ1v) is 8.60. The fraction of sp³-hybridized carbons (Fsp3) is 0.933. The molecule has 3 nitrogen and oxygen atoms in total. The van der Waals surface area contributed by atoms with Crippen LogP contribution in [0.4, 0.5) is 0 Å². The Balaban J connectivity index is 0.000000741. The van der Waals surface area contributed by atoms with E-state index < -0.39 is 0 Å². The predicted octanol–water partition coefficient (Wildman–Crippen LogP) is 2.61. The third-order valence-corrected chi connectivity index (χ3v) is 5.16. The Kier molecular flexibility index (Phi) is 11.7. The lowest BCUT2D eigenvalue weighted by Crippen LogP contribution is -2.44. The Morgan fingerprint density at radius 3 is 2.21 bits per heavy atom. The molecule has 2 aliphatic heterocycles. The minimum Gasteiger partial charge on any atom is -0.307 e. The first-order chi connectivity index (χ1) is 9.24. The third-order valence-electron chi connectivity index (χ3n) is 3.73. The first kappa shape index (κ1) is 18.9. The molecule has 0 aromatic heterocycles. The number of hydrogen-bond donors (Lipinski definition) is 0. The zero-order chi connectivity index (χ0) is 14.7. The maximum absolute atomic E-state index is 8.00. The Morgan fingerprint density at radius 1 is 1.16 bits per heavy atom. The van der Waals surface area contributed by atoms with Crippen LogP contribution in [0.25, 0.3) is 0 Å². The Morgan fingerprint density at radius 2 is 1.74 bits per heavy atom. The number of likely N-dealkylation sites (N-methyl/N-ethyl adjacent to an activating group) is 1. The maximum Gasteiger partial charge on any atom is 0.106 e. The molecule has 19 heavy (non-hydrogen) atoms. The third kappa shape index (κ3) is 7.95. The quantitative estimate of drug-likeness (QED) is 0.796. The van der Waals surface area contributed by atoms with E-state index in [4.69, 9.17) is 4.79 Å². The summed E-state index contributed by atoms with van der Waals surface area (Å²) in [5.74, 6) is 2.42. The maximum atomic E-state index is 8.00. The van der Waals surface area contributed by atoms with Crippen molar-refractivity contribution in [1.82, 2.24) is 9.80 Å². The van der Waals surface area contributed by atoms with Gasteiger partial charge in [0.25, 0.3) is 0 Å². The highest BCUT2D eigenvalue weighted by molar-refractivity contribution is 8.00. The molecule has 0 amide bonds. The normalized spacial score (nSPS) is 28.0. The number of rotatable bonds is 3. The van der Waals surface area contributed by atoms with E-state index in [1.54, 1.807) is 0 Å². The number of thioether (sulfide) groups is 1. The van der Waals surface area contributed by atoms with Crippen LogP contribution in [0.1, 0.15) is 33.6 Å². The molecule has 0 aliphatic carbocycles. The van der Waals surface area contributed by atoms with E-state index in [9.17, 15) is 0 Å². The minimum absolute atomic E-state index is 0.919. The lowest BCUT2D eigenvalue weighted by atomic mass is 10.0. The largest absolute Gasteiger partial charge is 0.307 e. The monoisotopic (exact) mass is 288 g/mol. The molecule has 2 fully saturated rings. The van der Waals surface area contributed by atoms with Crippen LogP contribution in [-0.2, 0) is 4.79 Å². The molecule has 0 spiro atoms. The molecule has 2 aliphatic rings. The summed E-state index contributed by atoms with van der Waals surface area (Å²) in [6.45, 7) is 14.8. The van der Waals surface area contributed by atoms with Gasteiger partial charge in [-0.1, -0.05) is 20.8 Å². The second-order valence-electron chi connectivity index (χ2n) is 5.18. The molecule has 0 aromatic rings. The van der Waals surface area contributed by atoms with Gasteiger partial charge in [0.2, 0.25) is 0 Å². The SMILES string of the molecule is C=O.CC.CC1CC(CCN2CCN(C)CC2)CS1. The van der Waals surface area contributed by atoms with Gasteiger partial charge in [-0.15, -0.1) is 0 Å². The molecular formula is C15H32N2OS.